The van der Waals surface area contributed by atoms with Gasteiger partial charge in [-0.15, -0.1) is 0 Å². The number of amides is 1. The van der Waals surface area contributed by atoms with Crippen LogP contribution in [0.4, 0.5) is 5.69 Å². The van der Waals surface area contributed by atoms with E-state index in [0.717, 1.165) is 36.5 Å². The van der Waals surface area contributed by atoms with Crippen molar-refractivity contribution in [3.8, 4) is 5.75 Å². The molecule has 0 bridgehead atoms. The first-order chi connectivity index (χ1) is 11.7. The maximum Gasteiger partial charge on any atom is 0.246 e. The van der Waals surface area contributed by atoms with Crippen molar-refractivity contribution in [2.24, 2.45) is 5.92 Å². The van der Waals surface area contributed by atoms with Crippen molar-refractivity contribution in [2.45, 2.75) is 19.4 Å². The van der Waals surface area contributed by atoms with Gasteiger partial charge in [-0.05, 0) is 36.6 Å². The Morgan fingerprint density at radius 1 is 1.21 bits per heavy atom. The van der Waals surface area contributed by atoms with E-state index in [9.17, 15) is 4.79 Å². The Bertz CT molecular complexity index is 687. The van der Waals surface area contributed by atoms with Crippen LogP contribution in [-0.4, -0.2) is 31.0 Å². The average Bonchev–Trinajstić information content (AvgIpc) is 3.02. The molecule has 1 aliphatic heterocycles. The van der Waals surface area contributed by atoms with Gasteiger partial charge in [-0.1, -0.05) is 43.3 Å². The zero-order chi connectivity index (χ0) is 16.9. The Morgan fingerprint density at radius 3 is 2.67 bits per heavy atom. The largest absolute Gasteiger partial charge is 0.497 e. The van der Waals surface area contributed by atoms with Crippen molar-refractivity contribution >= 4 is 11.6 Å². The van der Waals surface area contributed by atoms with E-state index in [0.29, 0.717) is 5.92 Å². The highest BCUT2D eigenvalue weighted by atomic mass is 16.5. The summed E-state index contributed by atoms with van der Waals surface area (Å²) < 4.78 is 5.23. The number of nitrogens with zero attached hydrogens (tertiary/aromatic N) is 1. The SMILES string of the molecule is COc1cccc(NC(=O)C(c2ccccc2)N2CCC(C)C2)c1. The van der Waals surface area contributed by atoms with Gasteiger partial charge in [-0.3, -0.25) is 9.69 Å². The van der Waals surface area contributed by atoms with E-state index in [1.54, 1.807) is 7.11 Å². The summed E-state index contributed by atoms with van der Waals surface area (Å²) in [5.74, 6) is 1.36. The highest BCUT2D eigenvalue weighted by Crippen LogP contribution is 2.29. The molecule has 0 spiro atoms. The summed E-state index contributed by atoms with van der Waals surface area (Å²) in [5.41, 5.74) is 1.79. The molecule has 126 valence electrons. The predicted molar refractivity (Wildman–Crippen MR) is 96.2 cm³/mol. The van der Waals surface area contributed by atoms with Crippen molar-refractivity contribution in [1.82, 2.24) is 4.90 Å². The van der Waals surface area contributed by atoms with Gasteiger partial charge >= 0.3 is 0 Å². The highest BCUT2D eigenvalue weighted by Gasteiger charge is 2.32. The summed E-state index contributed by atoms with van der Waals surface area (Å²) >= 11 is 0. The minimum absolute atomic E-state index is 0.00329. The Hall–Kier alpha value is -2.33. The zero-order valence-corrected chi connectivity index (χ0v) is 14.2. The number of likely N-dealkylation sites (tertiary alicyclic amines) is 1. The first-order valence-electron chi connectivity index (χ1n) is 8.41. The topological polar surface area (TPSA) is 41.6 Å². The molecule has 4 heteroatoms. The minimum atomic E-state index is -0.262. The lowest BCUT2D eigenvalue weighted by Gasteiger charge is -2.27. The number of carbonyl (C=O) groups excluding carboxylic acids is 1. The third-order valence-electron chi connectivity index (χ3n) is 4.52. The van der Waals surface area contributed by atoms with Gasteiger partial charge < -0.3 is 10.1 Å². The number of rotatable bonds is 5. The predicted octanol–water partition coefficient (Wildman–Crippen LogP) is 3.72. The molecule has 2 unspecified atom stereocenters. The standard InChI is InChI=1S/C20H24N2O2/c1-15-11-12-22(14-15)19(16-7-4-3-5-8-16)20(23)21-17-9-6-10-18(13-17)24-2/h3-10,13,15,19H,11-12,14H2,1-2H3,(H,21,23). The number of methoxy groups -OCH3 is 1. The first-order valence-corrected chi connectivity index (χ1v) is 8.41. The second-order valence-electron chi connectivity index (χ2n) is 6.42. The normalized spacial score (nSPS) is 19.0. The van der Waals surface area contributed by atoms with E-state index in [2.05, 4.69) is 17.1 Å². The second-order valence-corrected chi connectivity index (χ2v) is 6.42. The van der Waals surface area contributed by atoms with Gasteiger partial charge in [0.1, 0.15) is 11.8 Å². The van der Waals surface area contributed by atoms with Crippen LogP contribution in [-0.2, 0) is 4.79 Å². The Morgan fingerprint density at radius 2 is 2.00 bits per heavy atom. The van der Waals surface area contributed by atoms with Gasteiger partial charge in [0.05, 0.1) is 7.11 Å². The molecule has 0 saturated carbocycles. The van der Waals surface area contributed by atoms with Crippen LogP contribution in [0.3, 0.4) is 0 Å². The zero-order valence-electron chi connectivity index (χ0n) is 14.2. The summed E-state index contributed by atoms with van der Waals surface area (Å²) in [6, 6.07) is 17.2. The minimum Gasteiger partial charge on any atom is -0.497 e. The quantitative estimate of drug-likeness (QED) is 0.911. The Labute approximate surface area is 143 Å². The van der Waals surface area contributed by atoms with E-state index in [1.165, 1.54) is 0 Å². The molecular formula is C20H24N2O2. The Balaban J connectivity index is 1.83. The van der Waals surface area contributed by atoms with Crippen LogP contribution in [0.1, 0.15) is 24.9 Å². The lowest BCUT2D eigenvalue weighted by atomic mass is 10.0. The lowest BCUT2D eigenvalue weighted by molar-refractivity contribution is -0.121. The van der Waals surface area contributed by atoms with Crippen LogP contribution < -0.4 is 10.1 Å². The van der Waals surface area contributed by atoms with Gasteiger partial charge in [0.2, 0.25) is 5.91 Å². The fourth-order valence-electron chi connectivity index (χ4n) is 3.28. The van der Waals surface area contributed by atoms with Crippen molar-refractivity contribution < 1.29 is 9.53 Å². The highest BCUT2D eigenvalue weighted by molar-refractivity contribution is 5.95. The lowest BCUT2D eigenvalue weighted by Crippen LogP contribution is -2.35. The molecule has 4 nitrogen and oxygen atoms in total. The van der Waals surface area contributed by atoms with E-state index >= 15 is 0 Å². The molecule has 0 aliphatic carbocycles. The number of hydrogen-bond acceptors (Lipinski definition) is 3. The van der Waals surface area contributed by atoms with E-state index in [1.807, 2.05) is 54.6 Å². The third kappa shape index (κ3) is 3.77. The molecule has 1 N–H and O–H groups in total. The maximum atomic E-state index is 13.0. The number of nitrogens with one attached hydrogen (secondary N) is 1. The van der Waals surface area contributed by atoms with Gasteiger partial charge in [-0.2, -0.15) is 0 Å². The number of ether oxygens (including phenoxy) is 1. The van der Waals surface area contributed by atoms with Crippen LogP contribution in [0.2, 0.25) is 0 Å². The van der Waals surface area contributed by atoms with Crippen LogP contribution >= 0.6 is 0 Å². The summed E-state index contributed by atoms with van der Waals surface area (Å²) in [6.45, 7) is 4.14. The maximum absolute atomic E-state index is 13.0. The van der Waals surface area contributed by atoms with Crippen molar-refractivity contribution in [3.05, 3.63) is 60.2 Å². The van der Waals surface area contributed by atoms with Gasteiger partial charge in [0.25, 0.3) is 0 Å². The van der Waals surface area contributed by atoms with Crippen molar-refractivity contribution in [3.63, 3.8) is 0 Å². The molecule has 2 atom stereocenters. The molecule has 2 aromatic carbocycles. The summed E-state index contributed by atoms with van der Waals surface area (Å²) in [5, 5.41) is 3.05. The van der Waals surface area contributed by atoms with Crippen LogP contribution in [0, 0.1) is 5.92 Å². The number of benzene rings is 2. The molecule has 3 rings (SSSR count). The molecule has 24 heavy (non-hydrogen) atoms. The van der Waals surface area contributed by atoms with Gasteiger partial charge in [0, 0.05) is 18.3 Å². The van der Waals surface area contributed by atoms with Crippen LogP contribution in [0.15, 0.2) is 54.6 Å². The van der Waals surface area contributed by atoms with Crippen LogP contribution in [0.5, 0.6) is 5.75 Å². The molecule has 1 amide bonds. The molecule has 0 aromatic heterocycles. The third-order valence-corrected chi connectivity index (χ3v) is 4.52. The van der Waals surface area contributed by atoms with E-state index in [-0.39, 0.29) is 11.9 Å². The van der Waals surface area contributed by atoms with E-state index in [4.69, 9.17) is 4.74 Å². The van der Waals surface area contributed by atoms with Gasteiger partial charge in [-0.25, -0.2) is 0 Å². The molecule has 0 radical (unpaired) electrons. The Kier molecular flexibility index (Phi) is 5.16. The molecule has 2 aromatic rings. The van der Waals surface area contributed by atoms with Gasteiger partial charge in [0.15, 0.2) is 0 Å². The van der Waals surface area contributed by atoms with Crippen LogP contribution in [0.25, 0.3) is 0 Å². The summed E-state index contributed by atoms with van der Waals surface area (Å²) in [7, 11) is 1.62. The smallest absolute Gasteiger partial charge is 0.246 e. The number of carbonyl (C=O) groups is 1. The average molecular weight is 324 g/mol. The fourth-order valence-corrected chi connectivity index (χ4v) is 3.28. The second kappa shape index (κ2) is 7.49. The number of anilines is 1. The number of hydrogen-bond donors (Lipinski definition) is 1. The fraction of sp³-hybridized carbons (Fsp3) is 0.350. The van der Waals surface area contributed by atoms with Crippen molar-refractivity contribution in [2.75, 3.05) is 25.5 Å². The monoisotopic (exact) mass is 324 g/mol. The molecule has 1 saturated heterocycles. The van der Waals surface area contributed by atoms with Crippen molar-refractivity contribution in [1.29, 1.82) is 0 Å². The van der Waals surface area contributed by atoms with E-state index < -0.39 is 0 Å². The summed E-state index contributed by atoms with van der Waals surface area (Å²) in [4.78, 5) is 15.3. The molecule has 1 aliphatic rings. The molecule has 1 fully saturated rings. The first kappa shape index (κ1) is 16.5. The molecular weight excluding hydrogens is 300 g/mol. The summed E-state index contributed by atoms with van der Waals surface area (Å²) in [6.07, 6.45) is 1.13. The molecule has 1 heterocycles.